The van der Waals surface area contributed by atoms with Gasteiger partial charge in [0.05, 0.1) is 9.99 Å². The number of carboxylic acids is 1. The van der Waals surface area contributed by atoms with Crippen LogP contribution in [0.4, 0.5) is 0 Å². The van der Waals surface area contributed by atoms with Crippen LogP contribution in [0.3, 0.4) is 0 Å². The van der Waals surface area contributed by atoms with Crippen molar-refractivity contribution in [3.8, 4) is 0 Å². The van der Waals surface area contributed by atoms with Crippen molar-refractivity contribution in [2.75, 3.05) is 0 Å². The van der Waals surface area contributed by atoms with E-state index in [9.17, 15) is 9.59 Å². The van der Waals surface area contributed by atoms with Crippen molar-refractivity contribution < 1.29 is 9.90 Å². The maximum absolute atomic E-state index is 11.8. The number of fused-ring (bicyclic) bond motifs is 1. The van der Waals surface area contributed by atoms with Gasteiger partial charge in [-0.05, 0) is 34.1 Å². The van der Waals surface area contributed by atoms with Crippen molar-refractivity contribution in [1.29, 1.82) is 0 Å². The predicted molar refractivity (Wildman–Crippen MR) is 64.2 cm³/mol. The lowest BCUT2D eigenvalue weighted by atomic mass is 10.2. The smallest absolute Gasteiger partial charge is 0.353 e. The van der Waals surface area contributed by atoms with Gasteiger partial charge in [0.2, 0.25) is 5.43 Å². The first-order chi connectivity index (χ1) is 7.50. The molecule has 6 heteroatoms. The number of rotatable bonds is 1. The van der Waals surface area contributed by atoms with E-state index in [1.807, 2.05) is 0 Å². The molecule has 2 N–H and O–H groups in total. The number of H-pyrrole nitrogens is 1. The van der Waals surface area contributed by atoms with Crippen LogP contribution in [0.5, 0.6) is 0 Å². The zero-order chi connectivity index (χ0) is 11.9. The maximum Gasteiger partial charge on any atom is 0.353 e. The van der Waals surface area contributed by atoms with Crippen LogP contribution in [0, 0.1) is 0 Å². The van der Waals surface area contributed by atoms with Crippen LogP contribution < -0.4 is 5.43 Å². The molecular weight excluding hydrogens is 297 g/mol. The Bertz CT molecular complexity index is 650. The molecule has 0 atom stereocenters. The molecule has 0 aliphatic rings. The summed E-state index contributed by atoms with van der Waals surface area (Å²) in [6.07, 6.45) is 0. The van der Waals surface area contributed by atoms with E-state index in [4.69, 9.17) is 16.7 Å². The number of benzene rings is 1. The fourth-order valence-electron chi connectivity index (χ4n) is 1.39. The van der Waals surface area contributed by atoms with Gasteiger partial charge in [0.25, 0.3) is 0 Å². The van der Waals surface area contributed by atoms with Gasteiger partial charge in [0.1, 0.15) is 5.69 Å². The number of aromatic amines is 1. The lowest BCUT2D eigenvalue weighted by Gasteiger charge is -2.03. The third kappa shape index (κ3) is 1.72. The molecule has 1 aromatic carbocycles. The number of aromatic carboxylic acids is 1. The number of nitrogens with one attached hydrogen (secondary N) is 1. The lowest BCUT2D eigenvalue weighted by molar-refractivity contribution is 0.0689. The van der Waals surface area contributed by atoms with Gasteiger partial charge in [0, 0.05) is 10.4 Å². The second-order valence-electron chi connectivity index (χ2n) is 3.14. The molecule has 0 fully saturated rings. The Labute approximate surface area is 103 Å². The van der Waals surface area contributed by atoms with E-state index in [1.165, 1.54) is 6.07 Å². The molecule has 4 nitrogen and oxygen atoms in total. The summed E-state index contributed by atoms with van der Waals surface area (Å²) < 4.78 is 0.00909. The fourth-order valence-corrected chi connectivity index (χ4v) is 2.04. The summed E-state index contributed by atoms with van der Waals surface area (Å²) >= 11 is 8.72. The summed E-state index contributed by atoms with van der Waals surface area (Å²) in [6.45, 7) is 0. The largest absolute Gasteiger partial charge is 0.477 e. The highest BCUT2D eigenvalue weighted by molar-refractivity contribution is 9.10. The Hall–Kier alpha value is -1.33. The van der Waals surface area contributed by atoms with Gasteiger partial charge in [-0.15, -0.1) is 0 Å². The van der Waals surface area contributed by atoms with Crippen LogP contribution in [-0.4, -0.2) is 16.1 Å². The summed E-state index contributed by atoms with van der Waals surface area (Å²) in [5.41, 5.74) is -0.152. The van der Waals surface area contributed by atoms with Crippen molar-refractivity contribution in [3.63, 3.8) is 0 Å². The number of hydrogen-bond donors (Lipinski definition) is 2. The highest BCUT2D eigenvalue weighted by Crippen LogP contribution is 2.19. The molecule has 1 aromatic heterocycles. The monoisotopic (exact) mass is 301 g/mol. The van der Waals surface area contributed by atoms with Crippen LogP contribution in [0.1, 0.15) is 10.5 Å². The minimum atomic E-state index is -1.20. The van der Waals surface area contributed by atoms with Crippen LogP contribution >= 0.6 is 27.5 Å². The molecule has 1 heterocycles. The van der Waals surface area contributed by atoms with Gasteiger partial charge < -0.3 is 10.1 Å². The van der Waals surface area contributed by atoms with E-state index >= 15 is 0 Å². The van der Waals surface area contributed by atoms with Gasteiger partial charge in [-0.3, -0.25) is 4.79 Å². The number of pyridine rings is 1. The van der Waals surface area contributed by atoms with E-state index in [0.717, 1.165) is 0 Å². The molecule has 16 heavy (non-hydrogen) atoms. The lowest BCUT2D eigenvalue weighted by Crippen LogP contribution is -2.12. The molecule has 0 radical (unpaired) electrons. The van der Waals surface area contributed by atoms with E-state index in [2.05, 4.69) is 20.9 Å². The van der Waals surface area contributed by atoms with Gasteiger partial charge in [-0.1, -0.05) is 11.6 Å². The zero-order valence-electron chi connectivity index (χ0n) is 7.75. The van der Waals surface area contributed by atoms with Crippen molar-refractivity contribution >= 4 is 44.4 Å². The average molecular weight is 303 g/mol. The summed E-state index contributed by atoms with van der Waals surface area (Å²) in [4.78, 5) is 25.3. The standard InChI is InChI=1S/C10H5BrClNO3/c11-7-8(10(15)16)13-6-3-4(12)1-2-5(6)9(7)14/h1-3H,(H,13,14)(H,15,16). The van der Waals surface area contributed by atoms with E-state index in [-0.39, 0.29) is 15.6 Å². The first kappa shape index (κ1) is 11.2. The van der Waals surface area contributed by atoms with Crippen LogP contribution in [0.25, 0.3) is 10.9 Å². The van der Waals surface area contributed by atoms with Gasteiger partial charge in [0.15, 0.2) is 0 Å². The minimum Gasteiger partial charge on any atom is -0.477 e. The van der Waals surface area contributed by atoms with Gasteiger partial charge >= 0.3 is 5.97 Å². The molecule has 82 valence electrons. The highest BCUT2D eigenvalue weighted by Gasteiger charge is 2.14. The Balaban J connectivity index is 2.94. The molecule has 2 aromatic rings. The second-order valence-corrected chi connectivity index (χ2v) is 4.37. The summed E-state index contributed by atoms with van der Waals surface area (Å²) in [5, 5.41) is 9.71. The normalized spacial score (nSPS) is 10.6. The molecule has 0 spiro atoms. The minimum absolute atomic E-state index is 0.00909. The van der Waals surface area contributed by atoms with Crippen LogP contribution in [0.2, 0.25) is 5.02 Å². The Morgan fingerprint density at radius 1 is 1.44 bits per heavy atom. The average Bonchev–Trinajstić information content (AvgIpc) is 2.22. The third-order valence-electron chi connectivity index (χ3n) is 2.12. The molecule has 0 saturated carbocycles. The number of hydrogen-bond acceptors (Lipinski definition) is 2. The second kappa shape index (κ2) is 3.92. The van der Waals surface area contributed by atoms with Crippen molar-refractivity contribution in [1.82, 2.24) is 4.98 Å². The highest BCUT2D eigenvalue weighted by atomic mass is 79.9. The summed E-state index contributed by atoms with van der Waals surface area (Å²) in [7, 11) is 0. The molecule has 0 aliphatic heterocycles. The van der Waals surface area contributed by atoms with Gasteiger partial charge in [-0.25, -0.2) is 4.79 Å². The van der Waals surface area contributed by atoms with E-state index in [1.54, 1.807) is 12.1 Å². The van der Waals surface area contributed by atoms with E-state index < -0.39 is 5.97 Å². The molecule has 0 bridgehead atoms. The fraction of sp³-hybridized carbons (Fsp3) is 0. The molecule has 0 amide bonds. The SMILES string of the molecule is O=C(O)c1[nH]c2cc(Cl)ccc2c(=O)c1Br. The first-order valence-corrected chi connectivity index (χ1v) is 5.42. The summed E-state index contributed by atoms with van der Waals surface area (Å²) in [6, 6.07) is 4.63. The van der Waals surface area contributed by atoms with Crippen LogP contribution in [0.15, 0.2) is 27.5 Å². The zero-order valence-corrected chi connectivity index (χ0v) is 10.1. The molecule has 2 rings (SSSR count). The quantitative estimate of drug-likeness (QED) is 0.851. The first-order valence-electron chi connectivity index (χ1n) is 4.25. The molecule has 0 unspecified atom stereocenters. The number of halogens is 2. The number of carbonyl (C=O) groups is 1. The third-order valence-corrected chi connectivity index (χ3v) is 3.11. The van der Waals surface area contributed by atoms with Gasteiger partial charge in [-0.2, -0.15) is 0 Å². The topological polar surface area (TPSA) is 70.2 Å². The molecule has 0 aliphatic carbocycles. The Morgan fingerprint density at radius 2 is 2.12 bits per heavy atom. The Morgan fingerprint density at radius 3 is 2.75 bits per heavy atom. The molecular formula is C10H5BrClNO3. The predicted octanol–water partition coefficient (Wildman–Crippen LogP) is 2.64. The van der Waals surface area contributed by atoms with Crippen molar-refractivity contribution in [2.45, 2.75) is 0 Å². The van der Waals surface area contributed by atoms with Crippen LogP contribution in [-0.2, 0) is 0 Å². The number of carboxylic acid groups (broad SMARTS) is 1. The Kier molecular flexibility index (Phi) is 2.73. The maximum atomic E-state index is 11.8. The van der Waals surface area contributed by atoms with E-state index in [0.29, 0.717) is 15.9 Å². The van der Waals surface area contributed by atoms with Crippen molar-refractivity contribution in [3.05, 3.63) is 43.6 Å². The number of aromatic nitrogens is 1. The molecule has 0 saturated heterocycles. The summed E-state index contributed by atoms with van der Waals surface area (Å²) in [5.74, 6) is -1.20. The van der Waals surface area contributed by atoms with Crippen molar-refractivity contribution in [2.24, 2.45) is 0 Å².